The molecule has 0 radical (unpaired) electrons. The van der Waals surface area contributed by atoms with E-state index in [1.54, 1.807) is 12.4 Å². The van der Waals surface area contributed by atoms with Crippen LogP contribution in [0.1, 0.15) is 47.8 Å². The molecule has 0 saturated carbocycles. The molecule has 1 unspecified atom stereocenters. The number of hydrogen-bond donors (Lipinski definition) is 1. The van der Waals surface area contributed by atoms with Crippen LogP contribution >= 0.6 is 0 Å². The maximum absolute atomic E-state index is 12.4. The summed E-state index contributed by atoms with van der Waals surface area (Å²) in [6.07, 6.45) is 7.82. The topological polar surface area (TPSA) is 97.1 Å². The minimum Gasteiger partial charge on any atom is -0.375 e. The molecule has 1 atom stereocenters. The Balaban J connectivity index is 1.36. The van der Waals surface area contributed by atoms with E-state index in [1.807, 2.05) is 11.8 Å². The Morgan fingerprint density at radius 1 is 1.44 bits per heavy atom. The predicted octanol–water partition coefficient (Wildman–Crippen LogP) is 1.75. The quantitative estimate of drug-likeness (QED) is 0.910. The number of ether oxygens (including phenoxy) is 1. The highest BCUT2D eigenvalue weighted by molar-refractivity contribution is 5.93. The third kappa shape index (κ3) is 3.44. The third-order valence-corrected chi connectivity index (χ3v) is 5.34. The molecule has 8 heteroatoms. The van der Waals surface area contributed by atoms with Gasteiger partial charge in [-0.25, -0.2) is 0 Å². The lowest BCUT2D eigenvalue weighted by atomic mass is 9.78. The SMILES string of the molecule is Cc1nc(CC2CCOC3(CCN(C(=O)c4cn[nH]c4)CC3)C2)no1. The number of hydrogen-bond acceptors (Lipinski definition) is 6. The van der Waals surface area contributed by atoms with Crippen molar-refractivity contribution in [1.29, 1.82) is 0 Å². The molecule has 2 fully saturated rings. The van der Waals surface area contributed by atoms with Crippen LogP contribution in [0.2, 0.25) is 0 Å². The number of aryl methyl sites for hydroxylation is 1. The molecule has 1 N–H and O–H groups in total. The Labute approximate surface area is 145 Å². The molecule has 8 nitrogen and oxygen atoms in total. The Kier molecular flexibility index (Phi) is 4.29. The van der Waals surface area contributed by atoms with Gasteiger partial charge in [-0.05, 0) is 31.6 Å². The van der Waals surface area contributed by atoms with E-state index in [9.17, 15) is 4.79 Å². The molecule has 2 saturated heterocycles. The van der Waals surface area contributed by atoms with Crippen molar-refractivity contribution in [2.45, 2.75) is 44.6 Å². The van der Waals surface area contributed by atoms with Crippen LogP contribution in [0.25, 0.3) is 0 Å². The first-order chi connectivity index (χ1) is 12.1. The standard InChI is InChI=1S/C17H23N5O3/c1-12-20-15(21-25-12)8-13-2-7-24-17(9-13)3-5-22(6-4-17)16(23)14-10-18-19-11-14/h10-11,13H,2-9H2,1H3,(H,18,19). The highest BCUT2D eigenvalue weighted by Gasteiger charge is 2.41. The normalized spacial score (nSPS) is 23.1. The van der Waals surface area contributed by atoms with E-state index in [-0.39, 0.29) is 11.5 Å². The summed E-state index contributed by atoms with van der Waals surface area (Å²) in [5.74, 6) is 1.94. The van der Waals surface area contributed by atoms with Gasteiger partial charge >= 0.3 is 0 Å². The number of piperidine rings is 1. The van der Waals surface area contributed by atoms with Crippen molar-refractivity contribution in [3.05, 3.63) is 29.7 Å². The highest BCUT2D eigenvalue weighted by atomic mass is 16.5. The molecule has 0 aromatic carbocycles. The summed E-state index contributed by atoms with van der Waals surface area (Å²) in [7, 11) is 0. The fourth-order valence-corrected chi connectivity index (χ4v) is 4.00. The maximum Gasteiger partial charge on any atom is 0.257 e. The lowest BCUT2D eigenvalue weighted by Gasteiger charge is -2.46. The van der Waals surface area contributed by atoms with Crippen LogP contribution in [0.4, 0.5) is 0 Å². The van der Waals surface area contributed by atoms with Gasteiger partial charge in [-0.15, -0.1) is 0 Å². The summed E-state index contributed by atoms with van der Waals surface area (Å²) in [5.41, 5.74) is 0.500. The van der Waals surface area contributed by atoms with Crippen LogP contribution in [0.5, 0.6) is 0 Å². The van der Waals surface area contributed by atoms with Gasteiger partial charge in [0.25, 0.3) is 5.91 Å². The second-order valence-corrected chi connectivity index (χ2v) is 7.10. The second kappa shape index (κ2) is 6.59. The van der Waals surface area contributed by atoms with Gasteiger partial charge in [0.1, 0.15) is 0 Å². The molecule has 0 aliphatic carbocycles. The van der Waals surface area contributed by atoms with Gasteiger partial charge in [-0.3, -0.25) is 9.89 Å². The largest absolute Gasteiger partial charge is 0.375 e. The number of nitrogens with one attached hydrogen (secondary N) is 1. The molecule has 2 aliphatic heterocycles. The van der Waals surface area contributed by atoms with E-state index in [1.165, 1.54) is 0 Å². The van der Waals surface area contributed by atoms with Crippen LogP contribution < -0.4 is 0 Å². The van der Waals surface area contributed by atoms with Crippen LogP contribution in [-0.4, -0.2) is 56.4 Å². The molecular formula is C17H23N5O3. The maximum atomic E-state index is 12.4. The van der Waals surface area contributed by atoms with Gasteiger partial charge in [0.05, 0.1) is 17.4 Å². The summed E-state index contributed by atoms with van der Waals surface area (Å²) in [4.78, 5) is 18.7. The van der Waals surface area contributed by atoms with E-state index < -0.39 is 0 Å². The Bertz CT molecular complexity index is 718. The first-order valence-corrected chi connectivity index (χ1v) is 8.85. The molecular weight excluding hydrogens is 322 g/mol. The second-order valence-electron chi connectivity index (χ2n) is 7.10. The monoisotopic (exact) mass is 345 g/mol. The lowest BCUT2D eigenvalue weighted by Crippen LogP contribution is -2.51. The lowest BCUT2D eigenvalue weighted by molar-refractivity contribution is -0.123. The summed E-state index contributed by atoms with van der Waals surface area (Å²) in [6, 6.07) is 0. The number of amides is 1. The molecule has 2 aliphatic rings. The van der Waals surface area contributed by atoms with Crippen LogP contribution in [0.3, 0.4) is 0 Å². The number of rotatable bonds is 3. The molecule has 2 aromatic rings. The predicted molar refractivity (Wildman–Crippen MR) is 87.9 cm³/mol. The number of aromatic nitrogens is 4. The molecule has 2 aromatic heterocycles. The summed E-state index contributed by atoms with van der Waals surface area (Å²) < 4.78 is 11.3. The van der Waals surface area contributed by atoms with Crippen molar-refractivity contribution in [2.24, 2.45) is 5.92 Å². The number of aromatic amines is 1. The van der Waals surface area contributed by atoms with Crippen molar-refractivity contribution >= 4 is 5.91 Å². The van der Waals surface area contributed by atoms with Gasteiger partial charge in [-0.2, -0.15) is 10.1 Å². The smallest absolute Gasteiger partial charge is 0.257 e. The van der Waals surface area contributed by atoms with Crippen molar-refractivity contribution in [2.75, 3.05) is 19.7 Å². The van der Waals surface area contributed by atoms with Gasteiger partial charge < -0.3 is 14.2 Å². The first kappa shape index (κ1) is 16.3. The van der Waals surface area contributed by atoms with Crippen LogP contribution in [0, 0.1) is 12.8 Å². The summed E-state index contributed by atoms with van der Waals surface area (Å²) in [6.45, 7) is 4.02. The van der Waals surface area contributed by atoms with E-state index in [0.717, 1.165) is 57.6 Å². The number of nitrogens with zero attached hydrogens (tertiary/aromatic N) is 4. The van der Waals surface area contributed by atoms with Gasteiger partial charge in [-0.1, -0.05) is 5.16 Å². The first-order valence-electron chi connectivity index (χ1n) is 8.85. The number of carbonyl (C=O) groups is 1. The zero-order chi connectivity index (χ0) is 17.3. The van der Waals surface area contributed by atoms with Gasteiger partial charge in [0.2, 0.25) is 5.89 Å². The van der Waals surface area contributed by atoms with Gasteiger partial charge in [0, 0.05) is 39.2 Å². The Hall–Kier alpha value is -2.22. The van der Waals surface area contributed by atoms with Crippen molar-refractivity contribution in [3.63, 3.8) is 0 Å². The van der Waals surface area contributed by atoms with E-state index in [2.05, 4.69) is 20.3 Å². The fraction of sp³-hybridized carbons (Fsp3) is 0.647. The minimum atomic E-state index is -0.116. The molecule has 1 spiro atoms. The summed E-state index contributed by atoms with van der Waals surface area (Å²) in [5, 5.41) is 10.6. The molecule has 0 bridgehead atoms. The molecule has 1 amide bonds. The molecule has 134 valence electrons. The van der Waals surface area contributed by atoms with E-state index in [4.69, 9.17) is 9.26 Å². The zero-order valence-electron chi connectivity index (χ0n) is 14.4. The van der Waals surface area contributed by atoms with Crippen LogP contribution in [0.15, 0.2) is 16.9 Å². The Morgan fingerprint density at radius 2 is 2.28 bits per heavy atom. The molecule has 4 rings (SSSR count). The number of likely N-dealkylation sites (tertiary alicyclic amines) is 1. The molecule has 4 heterocycles. The fourth-order valence-electron chi connectivity index (χ4n) is 4.00. The summed E-state index contributed by atoms with van der Waals surface area (Å²) >= 11 is 0. The van der Waals surface area contributed by atoms with Crippen LogP contribution in [-0.2, 0) is 11.2 Å². The van der Waals surface area contributed by atoms with Gasteiger partial charge in [0.15, 0.2) is 5.82 Å². The van der Waals surface area contributed by atoms with E-state index >= 15 is 0 Å². The average Bonchev–Trinajstić information content (AvgIpc) is 3.27. The van der Waals surface area contributed by atoms with Crippen molar-refractivity contribution in [3.8, 4) is 0 Å². The van der Waals surface area contributed by atoms with E-state index in [0.29, 0.717) is 17.4 Å². The minimum absolute atomic E-state index is 0.0400. The number of H-pyrrole nitrogens is 1. The Morgan fingerprint density at radius 3 is 2.96 bits per heavy atom. The third-order valence-electron chi connectivity index (χ3n) is 5.34. The van der Waals surface area contributed by atoms with Crippen molar-refractivity contribution < 1.29 is 14.1 Å². The molecule has 25 heavy (non-hydrogen) atoms. The van der Waals surface area contributed by atoms with Crippen molar-refractivity contribution in [1.82, 2.24) is 25.2 Å². The highest BCUT2D eigenvalue weighted by Crippen LogP contribution is 2.38. The number of carbonyl (C=O) groups excluding carboxylic acids is 1. The average molecular weight is 345 g/mol. The zero-order valence-corrected chi connectivity index (χ0v) is 14.4.